The highest BCUT2D eigenvalue weighted by atomic mass is 35.5. The molecule has 1 saturated heterocycles. The SMILES string of the molecule is CN(CC(=O)O)C1CCN(Cc2ccc(-c3ccc(Cl)cc3)cc2)CC1. The van der Waals surface area contributed by atoms with Gasteiger partial charge in [-0.05, 0) is 61.8 Å². The van der Waals surface area contributed by atoms with Gasteiger partial charge in [-0.15, -0.1) is 0 Å². The van der Waals surface area contributed by atoms with Crippen LogP contribution in [0.2, 0.25) is 5.02 Å². The third kappa shape index (κ3) is 5.07. The van der Waals surface area contributed by atoms with Gasteiger partial charge in [0.15, 0.2) is 0 Å². The summed E-state index contributed by atoms with van der Waals surface area (Å²) >= 11 is 5.95. The van der Waals surface area contributed by atoms with Crippen molar-refractivity contribution in [3.05, 3.63) is 59.1 Å². The molecule has 5 heteroatoms. The topological polar surface area (TPSA) is 43.8 Å². The van der Waals surface area contributed by atoms with Crippen molar-refractivity contribution in [1.82, 2.24) is 9.80 Å². The number of nitrogens with zero attached hydrogens (tertiary/aromatic N) is 2. The number of likely N-dealkylation sites (tertiary alicyclic amines) is 1. The minimum Gasteiger partial charge on any atom is -0.480 e. The number of likely N-dealkylation sites (N-methyl/N-ethyl adjacent to an activating group) is 1. The van der Waals surface area contributed by atoms with E-state index in [0.29, 0.717) is 6.04 Å². The van der Waals surface area contributed by atoms with Gasteiger partial charge in [-0.3, -0.25) is 14.6 Å². The second-order valence-corrected chi connectivity index (χ2v) is 7.46. The first-order valence-electron chi connectivity index (χ1n) is 9.00. The zero-order valence-electron chi connectivity index (χ0n) is 15.1. The molecular weight excluding hydrogens is 348 g/mol. The number of halogens is 1. The number of aliphatic carboxylic acids is 1. The zero-order chi connectivity index (χ0) is 18.5. The van der Waals surface area contributed by atoms with Crippen LogP contribution in [0.15, 0.2) is 48.5 Å². The second kappa shape index (κ2) is 8.67. The fourth-order valence-corrected chi connectivity index (χ4v) is 3.69. The Labute approximate surface area is 160 Å². The lowest BCUT2D eigenvalue weighted by Crippen LogP contribution is -2.44. The molecular formula is C21H25ClN2O2. The Morgan fingerprint density at radius 2 is 1.62 bits per heavy atom. The fourth-order valence-electron chi connectivity index (χ4n) is 3.56. The molecule has 0 spiro atoms. The van der Waals surface area contributed by atoms with E-state index in [1.54, 1.807) is 0 Å². The Bertz CT molecular complexity index is 723. The highest BCUT2D eigenvalue weighted by Gasteiger charge is 2.23. The normalized spacial score (nSPS) is 16.1. The van der Waals surface area contributed by atoms with Crippen LogP contribution >= 0.6 is 11.6 Å². The van der Waals surface area contributed by atoms with E-state index in [1.165, 1.54) is 16.7 Å². The summed E-state index contributed by atoms with van der Waals surface area (Å²) in [7, 11) is 1.91. The summed E-state index contributed by atoms with van der Waals surface area (Å²) < 4.78 is 0. The van der Waals surface area contributed by atoms with E-state index < -0.39 is 5.97 Å². The molecule has 138 valence electrons. The predicted molar refractivity (Wildman–Crippen MR) is 105 cm³/mol. The number of rotatable bonds is 6. The van der Waals surface area contributed by atoms with Gasteiger partial charge in [0.2, 0.25) is 0 Å². The fraction of sp³-hybridized carbons (Fsp3) is 0.381. The summed E-state index contributed by atoms with van der Waals surface area (Å²) in [5, 5.41) is 9.67. The van der Waals surface area contributed by atoms with Crippen molar-refractivity contribution >= 4 is 17.6 Å². The van der Waals surface area contributed by atoms with E-state index >= 15 is 0 Å². The Morgan fingerprint density at radius 3 is 2.15 bits per heavy atom. The minimum atomic E-state index is -0.754. The Hall–Kier alpha value is -1.88. The molecule has 2 aromatic carbocycles. The third-order valence-electron chi connectivity index (χ3n) is 5.10. The summed E-state index contributed by atoms with van der Waals surface area (Å²) in [6.07, 6.45) is 2.04. The lowest BCUT2D eigenvalue weighted by atomic mass is 10.0. The molecule has 1 N–H and O–H groups in total. The van der Waals surface area contributed by atoms with Gasteiger partial charge in [-0.25, -0.2) is 0 Å². The van der Waals surface area contributed by atoms with Crippen LogP contribution < -0.4 is 0 Å². The van der Waals surface area contributed by atoms with Crippen LogP contribution in [0.3, 0.4) is 0 Å². The Balaban J connectivity index is 1.52. The highest BCUT2D eigenvalue weighted by molar-refractivity contribution is 6.30. The number of carboxylic acids is 1. The van der Waals surface area contributed by atoms with Crippen molar-refractivity contribution in [3.63, 3.8) is 0 Å². The minimum absolute atomic E-state index is 0.122. The van der Waals surface area contributed by atoms with E-state index in [2.05, 4.69) is 29.2 Å². The van der Waals surface area contributed by atoms with Gasteiger partial charge >= 0.3 is 5.97 Å². The van der Waals surface area contributed by atoms with E-state index in [-0.39, 0.29) is 6.54 Å². The monoisotopic (exact) mass is 372 g/mol. The largest absolute Gasteiger partial charge is 0.480 e. The lowest BCUT2D eigenvalue weighted by Gasteiger charge is -2.36. The molecule has 1 aliphatic heterocycles. The number of benzene rings is 2. The number of carbonyl (C=O) groups is 1. The van der Waals surface area contributed by atoms with Crippen LogP contribution in [0.25, 0.3) is 11.1 Å². The number of piperidine rings is 1. The van der Waals surface area contributed by atoms with Crippen molar-refractivity contribution < 1.29 is 9.90 Å². The van der Waals surface area contributed by atoms with Gasteiger partial charge in [-0.1, -0.05) is 48.0 Å². The van der Waals surface area contributed by atoms with E-state index in [9.17, 15) is 4.79 Å². The second-order valence-electron chi connectivity index (χ2n) is 7.02. The predicted octanol–water partition coefficient (Wildman–Crippen LogP) is 3.99. The molecule has 1 fully saturated rings. The summed E-state index contributed by atoms with van der Waals surface area (Å²) in [5.74, 6) is -0.754. The standard InChI is InChI=1S/C21H25ClN2O2/c1-23(15-21(25)26)20-10-12-24(13-11-20)14-16-2-4-17(5-3-16)18-6-8-19(22)9-7-18/h2-9,20H,10-15H2,1H3,(H,25,26). The summed E-state index contributed by atoms with van der Waals surface area (Å²) in [6.45, 7) is 3.08. The van der Waals surface area contributed by atoms with Crippen molar-refractivity contribution in [2.75, 3.05) is 26.7 Å². The molecule has 0 unspecified atom stereocenters. The smallest absolute Gasteiger partial charge is 0.317 e. The Morgan fingerprint density at radius 1 is 1.08 bits per heavy atom. The Kier molecular flexibility index (Phi) is 6.30. The molecule has 26 heavy (non-hydrogen) atoms. The molecule has 0 bridgehead atoms. The average Bonchev–Trinajstić information content (AvgIpc) is 2.63. The molecule has 0 amide bonds. The molecule has 1 aliphatic rings. The van der Waals surface area contributed by atoms with Crippen molar-refractivity contribution in [2.24, 2.45) is 0 Å². The lowest BCUT2D eigenvalue weighted by molar-refractivity contribution is -0.138. The molecule has 1 heterocycles. The quantitative estimate of drug-likeness (QED) is 0.832. The van der Waals surface area contributed by atoms with Gasteiger partial charge in [0.25, 0.3) is 0 Å². The van der Waals surface area contributed by atoms with E-state index in [0.717, 1.165) is 37.5 Å². The van der Waals surface area contributed by atoms with Crippen molar-refractivity contribution in [3.8, 4) is 11.1 Å². The third-order valence-corrected chi connectivity index (χ3v) is 5.35. The van der Waals surface area contributed by atoms with Gasteiger partial charge in [0.1, 0.15) is 0 Å². The molecule has 0 aromatic heterocycles. The molecule has 0 saturated carbocycles. The number of hydrogen-bond donors (Lipinski definition) is 1. The average molecular weight is 373 g/mol. The van der Waals surface area contributed by atoms with Crippen LogP contribution in [-0.2, 0) is 11.3 Å². The molecule has 4 nitrogen and oxygen atoms in total. The van der Waals surface area contributed by atoms with Gasteiger partial charge < -0.3 is 5.11 Å². The van der Waals surface area contributed by atoms with Gasteiger partial charge in [-0.2, -0.15) is 0 Å². The van der Waals surface area contributed by atoms with Crippen LogP contribution in [0.4, 0.5) is 0 Å². The maximum Gasteiger partial charge on any atom is 0.317 e. The first-order valence-corrected chi connectivity index (χ1v) is 9.38. The summed E-state index contributed by atoms with van der Waals surface area (Å²) in [4.78, 5) is 15.3. The number of carboxylic acid groups (broad SMARTS) is 1. The summed E-state index contributed by atoms with van der Waals surface area (Å²) in [6, 6.07) is 17.0. The molecule has 0 atom stereocenters. The van der Waals surface area contributed by atoms with Crippen molar-refractivity contribution in [2.45, 2.75) is 25.4 Å². The molecule has 0 radical (unpaired) electrons. The molecule has 0 aliphatic carbocycles. The first-order chi connectivity index (χ1) is 12.5. The summed E-state index contributed by atoms with van der Waals surface area (Å²) in [5.41, 5.74) is 3.67. The zero-order valence-corrected chi connectivity index (χ0v) is 15.8. The van der Waals surface area contributed by atoms with Crippen molar-refractivity contribution in [1.29, 1.82) is 0 Å². The van der Waals surface area contributed by atoms with Gasteiger partial charge in [0, 0.05) is 17.6 Å². The van der Waals surface area contributed by atoms with Crippen LogP contribution in [0.1, 0.15) is 18.4 Å². The van der Waals surface area contributed by atoms with Crippen LogP contribution in [0.5, 0.6) is 0 Å². The van der Waals surface area contributed by atoms with Crippen LogP contribution in [0, 0.1) is 0 Å². The maximum absolute atomic E-state index is 10.8. The van der Waals surface area contributed by atoms with Crippen LogP contribution in [-0.4, -0.2) is 53.6 Å². The molecule has 3 rings (SSSR count). The highest BCUT2D eigenvalue weighted by Crippen LogP contribution is 2.23. The molecule has 2 aromatic rings. The van der Waals surface area contributed by atoms with Gasteiger partial charge in [0.05, 0.1) is 6.54 Å². The van der Waals surface area contributed by atoms with E-state index in [4.69, 9.17) is 16.7 Å². The maximum atomic E-state index is 10.8. The van der Waals surface area contributed by atoms with E-state index in [1.807, 2.05) is 36.2 Å². The number of hydrogen-bond acceptors (Lipinski definition) is 3. The first kappa shape index (κ1) is 18.9.